The van der Waals surface area contributed by atoms with Crippen molar-refractivity contribution in [3.05, 3.63) is 71.8 Å². The molecular formula is C42H62N4O10. The molecule has 0 bridgehead atoms. The highest BCUT2D eigenvalue weighted by Crippen LogP contribution is 2.25. The molecule has 310 valence electrons. The van der Waals surface area contributed by atoms with Crippen LogP contribution < -0.4 is 10.6 Å². The van der Waals surface area contributed by atoms with Crippen molar-refractivity contribution in [3.63, 3.8) is 0 Å². The molecule has 0 aliphatic carbocycles. The number of hydrogen-bond donors (Lipinski definition) is 2. The maximum absolute atomic E-state index is 12.2. The molecule has 2 aliphatic heterocycles. The molecule has 56 heavy (non-hydrogen) atoms. The van der Waals surface area contributed by atoms with Gasteiger partial charge in [-0.15, -0.1) is 0 Å². The Labute approximate surface area is 331 Å². The minimum absolute atomic E-state index is 0.120. The summed E-state index contributed by atoms with van der Waals surface area (Å²) >= 11 is 0. The van der Waals surface area contributed by atoms with Crippen molar-refractivity contribution < 1.29 is 47.7 Å². The number of nitrogens with zero attached hydrogens (tertiary/aromatic N) is 2. The van der Waals surface area contributed by atoms with Crippen LogP contribution in [0.5, 0.6) is 0 Å². The molecule has 0 radical (unpaired) electrons. The third-order valence-corrected chi connectivity index (χ3v) is 9.63. The zero-order chi connectivity index (χ0) is 40.9. The van der Waals surface area contributed by atoms with E-state index < -0.39 is 41.8 Å². The zero-order valence-electron chi connectivity index (χ0n) is 34.0. The lowest BCUT2D eigenvalue weighted by atomic mass is 9.90. The molecule has 2 N–H and O–H groups in total. The molecule has 2 aromatic rings. The predicted octanol–water partition coefficient (Wildman–Crippen LogP) is 6.46. The summed E-state index contributed by atoms with van der Waals surface area (Å²) in [5.74, 6) is -0.359. The first kappa shape index (κ1) is 45.5. The largest absolute Gasteiger partial charge is 0.467 e. The van der Waals surface area contributed by atoms with Crippen LogP contribution >= 0.6 is 0 Å². The molecule has 2 atom stereocenters. The van der Waals surface area contributed by atoms with E-state index in [4.69, 9.17) is 23.7 Å². The van der Waals surface area contributed by atoms with E-state index in [-0.39, 0.29) is 25.2 Å². The first-order valence-electron chi connectivity index (χ1n) is 19.6. The van der Waals surface area contributed by atoms with Gasteiger partial charge in [0.1, 0.15) is 30.9 Å². The number of hydrogen-bond acceptors (Lipinski definition) is 11. The number of likely N-dealkylation sites (tertiary alicyclic amines) is 2. The summed E-state index contributed by atoms with van der Waals surface area (Å²) in [7, 11) is 2.63. The number of benzene rings is 2. The second-order valence-corrected chi connectivity index (χ2v) is 15.2. The van der Waals surface area contributed by atoms with Gasteiger partial charge in [0.15, 0.2) is 0 Å². The molecule has 0 aromatic heterocycles. The zero-order valence-corrected chi connectivity index (χ0v) is 34.0. The van der Waals surface area contributed by atoms with E-state index in [0.717, 1.165) is 50.0 Å². The molecule has 2 aromatic carbocycles. The molecule has 0 spiro atoms. The molecule has 4 rings (SSSR count). The second kappa shape index (κ2) is 23.9. The Balaban J connectivity index is 0.000000303. The van der Waals surface area contributed by atoms with Crippen LogP contribution in [0.15, 0.2) is 60.7 Å². The number of methoxy groups -OCH3 is 2. The highest BCUT2D eigenvalue weighted by molar-refractivity contribution is 5.82. The number of rotatable bonds is 14. The average molecular weight is 783 g/mol. The first-order chi connectivity index (χ1) is 26.8. The van der Waals surface area contributed by atoms with E-state index in [2.05, 4.69) is 22.5 Å². The molecule has 2 fully saturated rings. The van der Waals surface area contributed by atoms with Crippen molar-refractivity contribution in [1.29, 1.82) is 0 Å². The van der Waals surface area contributed by atoms with Crippen molar-refractivity contribution >= 4 is 30.2 Å². The highest BCUT2D eigenvalue weighted by Gasteiger charge is 2.32. The summed E-state index contributed by atoms with van der Waals surface area (Å²) in [5, 5.41) is 5.28. The van der Waals surface area contributed by atoms with Crippen LogP contribution in [0.1, 0.15) is 83.8 Å². The van der Waals surface area contributed by atoms with E-state index in [9.17, 15) is 24.0 Å². The van der Waals surface area contributed by atoms with Gasteiger partial charge in [-0.1, -0.05) is 67.6 Å². The average Bonchev–Trinajstić information content (AvgIpc) is 3.19. The summed E-state index contributed by atoms with van der Waals surface area (Å²) in [6.07, 6.45) is 4.09. The van der Waals surface area contributed by atoms with Crippen molar-refractivity contribution in [1.82, 2.24) is 20.4 Å². The van der Waals surface area contributed by atoms with Gasteiger partial charge in [-0.2, -0.15) is 0 Å². The molecule has 0 saturated carbocycles. The van der Waals surface area contributed by atoms with Crippen LogP contribution in [0.2, 0.25) is 0 Å². The lowest BCUT2D eigenvalue weighted by Crippen LogP contribution is -2.46. The molecule has 0 unspecified atom stereocenters. The maximum Gasteiger partial charge on any atom is 0.410 e. The van der Waals surface area contributed by atoms with Gasteiger partial charge >= 0.3 is 30.2 Å². The standard InChI is InChI=1S/C22H32N2O6.C20H30N2O4/c1-22(2,3)30-21(27)24-12-10-16(11-13-24)14-18(19(25)28-4)23-20(26)29-15-17-8-6-5-7-9-17;1-3-11-22-12-9-16(10-13-22)14-18(19(23)25-2)21-20(24)26-15-17-7-5-4-6-8-17/h5-9,16,18H,10-15H2,1-4H3,(H,23,26);4-8,16,18H,3,9-15H2,1-2H3,(H,21,24)/t2*18-/m00/s1. The Bertz CT molecular complexity index is 1490. The SMILES string of the molecule is CCCN1CCC(C[C@H](NC(=O)OCc2ccccc2)C(=O)OC)CC1.COC(=O)[C@H](CC1CCN(C(=O)OC(C)(C)C)CC1)NC(=O)OCc1ccccc1. The topological polar surface area (TPSA) is 162 Å². The summed E-state index contributed by atoms with van der Waals surface area (Å²) in [6.45, 7) is 12.3. The summed E-state index contributed by atoms with van der Waals surface area (Å²) in [6, 6.07) is 17.3. The number of alkyl carbamates (subject to hydrolysis) is 2. The molecule has 14 nitrogen and oxygen atoms in total. The van der Waals surface area contributed by atoms with Crippen LogP contribution in [-0.2, 0) is 46.5 Å². The number of ether oxygens (including phenoxy) is 5. The number of amides is 3. The van der Waals surface area contributed by atoms with Crippen molar-refractivity contribution in [2.24, 2.45) is 11.8 Å². The van der Waals surface area contributed by atoms with E-state index in [0.29, 0.717) is 44.7 Å². The van der Waals surface area contributed by atoms with E-state index in [1.54, 1.807) is 4.90 Å². The van der Waals surface area contributed by atoms with Gasteiger partial charge in [0.2, 0.25) is 0 Å². The Morgan fingerprint density at radius 1 is 0.679 bits per heavy atom. The molecule has 2 heterocycles. The minimum atomic E-state index is -0.795. The quantitative estimate of drug-likeness (QED) is 0.160. The van der Waals surface area contributed by atoms with E-state index in [1.165, 1.54) is 14.2 Å². The fourth-order valence-electron chi connectivity index (χ4n) is 6.63. The Kier molecular flexibility index (Phi) is 19.5. The van der Waals surface area contributed by atoms with Crippen LogP contribution in [0.25, 0.3) is 0 Å². The van der Waals surface area contributed by atoms with Crippen molar-refractivity contribution in [2.75, 3.05) is 46.9 Å². The molecule has 2 aliphatic rings. The van der Waals surface area contributed by atoms with Crippen LogP contribution in [-0.4, -0.2) is 105 Å². The number of carbonyl (C=O) groups is 5. The smallest absolute Gasteiger partial charge is 0.410 e. The summed E-state index contributed by atoms with van der Waals surface area (Å²) < 4.78 is 25.5. The van der Waals surface area contributed by atoms with Crippen LogP contribution in [0, 0.1) is 11.8 Å². The van der Waals surface area contributed by atoms with Gasteiger partial charge in [0, 0.05) is 13.1 Å². The predicted molar refractivity (Wildman–Crippen MR) is 210 cm³/mol. The van der Waals surface area contributed by atoms with Gasteiger partial charge in [-0.05, 0) is 108 Å². The lowest BCUT2D eigenvalue weighted by molar-refractivity contribution is -0.144. The fourth-order valence-corrected chi connectivity index (χ4v) is 6.63. The van der Waals surface area contributed by atoms with Gasteiger partial charge in [0.25, 0.3) is 0 Å². The van der Waals surface area contributed by atoms with Gasteiger partial charge in [-0.25, -0.2) is 24.0 Å². The number of nitrogens with one attached hydrogen (secondary N) is 2. The van der Waals surface area contributed by atoms with Gasteiger partial charge < -0.3 is 44.1 Å². The second-order valence-electron chi connectivity index (χ2n) is 15.2. The third kappa shape index (κ3) is 17.3. The normalized spacial score (nSPS) is 16.2. The summed E-state index contributed by atoms with van der Waals surface area (Å²) in [5.41, 5.74) is 1.23. The number of carbonyl (C=O) groups excluding carboxylic acids is 5. The molecule has 14 heteroatoms. The molecule has 2 saturated heterocycles. The van der Waals surface area contributed by atoms with Crippen LogP contribution in [0.4, 0.5) is 14.4 Å². The number of piperidine rings is 2. The Morgan fingerprint density at radius 2 is 1.09 bits per heavy atom. The van der Waals surface area contributed by atoms with E-state index in [1.807, 2.05) is 81.4 Å². The number of esters is 2. The Morgan fingerprint density at radius 3 is 1.46 bits per heavy atom. The molecule has 3 amide bonds. The van der Waals surface area contributed by atoms with Gasteiger partial charge in [-0.3, -0.25) is 0 Å². The van der Waals surface area contributed by atoms with Crippen molar-refractivity contribution in [2.45, 2.75) is 104 Å². The maximum atomic E-state index is 12.2. The Hall–Kier alpha value is -4.85. The van der Waals surface area contributed by atoms with E-state index >= 15 is 0 Å². The first-order valence-corrected chi connectivity index (χ1v) is 19.6. The van der Waals surface area contributed by atoms with Crippen molar-refractivity contribution in [3.8, 4) is 0 Å². The van der Waals surface area contributed by atoms with Gasteiger partial charge in [0.05, 0.1) is 14.2 Å². The van der Waals surface area contributed by atoms with Crippen LogP contribution in [0.3, 0.4) is 0 Å². The summed E-state index contributed by atoms with van der Waals surface area (Å²) in [4.78, 5) is 64.8. The monoisotopic (exact) mass is 782 g/mol. The molecular weight excluding hydrogens is 720 g/mol. The third-order valence-electron chi connectivity index (χ3n) is 9.63. The minimum Gasteiger partial charge on any atom is -0.467 e. The lowest BCUT2D eigenvalue weighted by Gasteiger charge is -2.34. The highest BCUT2D eigenvalue weighted by atomic mass is 16.6. The fraction of sp³-hybridized carbons (Fsp3) is 0.595.